The first-order chi connectivity index (χ1) is 12.3. The summed E-state index contributed by atoms with van der Waals surface area (Å²) in [5, 5.41) is 0.973. The molecule has 0 amide bonds. The molecule has 0 radical (unpaired) electrons. The minimum atomic E-state index is 0.433. The summed E-state index contributed by atoms with van der Waals surface area (Å²) in [6.07, 6.45) is 5.73. The molecule has 3 heterocycles. The molecule has 1 aromatic heterocycles. The van der Waals surface area contributed by atoms with Gasteiger partial charge in [-0.25, -0.2) is 9.97 Å². The number of aromatic nitrogens is 2. The molecule has 6 heteroatoms. The molecular weight excluding hydrogens is 316 g/mol. The largest absolute Gasteiger partial charge is 0.480 e. The summed E-state index contributed by atoms with van der Waals surface area (Å²) in [5.41, 5.74) is 2.14. The third kappa shape index (κ3) is 3.70. The second-order valence-electron chi connectivity index (χ2n) is 6.86. The maximum Gasteiger partial charge on any atom is 0.224 e. The van der Waals surface area contributed by atoms with E-state index in [1.165, 1.54) is 24.9 Å². The monoisotopic (exact) mass is 342 g/mol. The van der Waals surface area contributed by atoms with Crippen LogP contribution in [0.25, 0.3) is 10.9 Å². The van der Waals surface area contributed by atoms with Gasteiger partial charge in [-0.05, 0) is 37.5 Å². The van der Waals surface area contributed by atoms with Crippen LogP contribution in [0.5, 0.6) is 5.88 Å². The van der Waals surface area contributed by atoms with Gasteiger partial charge in [-0.2, -0.15) is 0 Å². The van der Waals surface area contributed by atoms with E-state index in [-0.39, 0.29) is 0 Å². The standard InChI is InChI=1S/C19H26N4O2/c1-24-19-17-12-15(5-6-18(17)20-14-21-19)23-9-7-22(8-10-23)13-16-4-2-3-11-25-16/h5-6,12,14,16H,2-4,7-11,13H2,1H3. The lowest BCUT2D eigenvalue weighted by atomic mass is 10.1. The summed E-state index contributed by atoms with van der Waals surface area (Å²) < 4.78 is 11.3. The fourth-order valence-electron chi connectivity index (χ4n) is 3.81. The van der Waals surface area contributed by atoms with E-state index in [2.05, 4.69) is 38.0 Å². The predicted octanol–water partition coefficient (Wildman–Crippen LogP) is 2.33. The molecule has 6 nitrogen and oxygen atoms in total. The van der Waals surface area contributed by atoms with Crippen molar-refractivity contribution in [3.05, 3.63) is 24.5 Å². The highest BCUT2D eigenvalue weighted by molar-refractivity contribution is 5.86. The highest BCUT2D eigenvalue weighted by atomic mass is 16.5. The first-order valence-corrected chi connectivity index (χ1v) is 9.21. The molecule has 0 saturated carbocycles. The Morgan fingerprint density at radius 1 is 1.16 bits per heavy atom. The van der Waals surface area contributed by atoms with Crippen LogP contribution < -0.4 is 9.64 Å². The molecule has 1 atom stereocenters. The van der Waals surface area contributed by atoms with Crippen LogP contribution in [0.1, 0.15) is 19.3 Å². The van der Waals surface area contributed by atoms with Gasteiger partial charge in [-0.15, -0.1) is 0 Å². The number of rotatable bonds is 4. The fraction of sp³-hybridized carbons (Fsp3) is 0.579. The summed E-state index contributed by atoms with van der Waals surface area (Å²) in [5.74, 6) is 0.639. The SMILES string of the molecule is COc1ncnc2ccc(N3CCN(CC4CCCCO4)CC3)cc12. The molecule has 2 aliphatic rings. The van der Waals surface area contributed by atoms with Gasteiger partial charge in [0.05, 0.1) is 24.1 Å². The number of anilines is 1. The number of hydrogen-bond donors (Lipinski definition) is 0. The van der Waals surface area contributed by atoms with Crippen LogP contribution in [0.3, 0.4) is 0 Å². The zero-order chi connectivity index (χ0) is 17.1. The molecule has 25 heavy (non-hydrogen) atoms. The molecule has 1 aromatic carbocycles. The molecule has 134 valence electrons. The Morgan fingerprint density at radius 2 is 2.04 bits per heavy atom. The average Bonchev–Trinajstić information content (AvgIpc) is 2.68. The van der Waals surface area contributed by atoms with Crippen molar-refractivity contribution in [1.29, 1.82) is 0 Å². The number of methoxy groups -OCH3 is 1. The van der Waals surface area contributed by atoms with E-state index in [4.69, 9.17) is 9.47 Å². The van der Waals surface area contributed by atoms with E-state index in [1.54, 1.807) is 13.4 Å². The number of ether oxygens (including phenoxy) is 2. The van der Waals surface area contributed by atoms with E-state index in [9.17, 15) is 0 Å². The van der Waals surface area contributed by atoms with Gasteiger partial charge in [0.2, 0.25) is 5.88 Å². The van der Waals surface area contributed by atoms with Crippen LogP contribution in [0.15, 0.2) is 24.5 Å². The summed E-state index contributed by atoms with van der Waals surface area (Å²) in [6, 6.07) is 6.35. The maximum absolute atomic E-state index is 5.88. The average molecular weight is 342 g/mol. The van der Waals surface area contributed by atoms with E-state index in [0.717, 1.165) is 50.2 Å². The van der Waals surface area contributed by atoms with E-state index in [1.807, 2.05) is 0 Å². The minimum Gasteiger partial charge on any atom is -0.480 e. The van der Waals surface area contributed by atoms with Crippen molar-refractivity contribution < 1.29 is 9.47 Å². The first-order valence-electron chi connectivity index (χ1n) is 9.21. The topological polar surface area (TPSA) is 50.7 Å². The number of nitrogens with zero attached hydrogens (tertiary/aromatic N) is 4. The number of benzene rings is 1. The molecule has 1 unspecified atom stereocenters. The van der Waals surface area contributed by atoms with Crippen LogP contribution >= 0.6 is 0 Å². The Hall–Kier alpha value is -1.92. The lowest BCUT2D eigenvalue weighted by molar-refractivity contribution is -0.00644. The summed E-state index contributed by atoms with van der Waals surface area (Å²) in [7, 11) is 1.65. The van der Waals surface area contributed by atoms with Crippen molar-refractivity contribution >= 4 is 16.6 Å². The van der Waals surface area contributed by atoms with E-state index < -0.39 is 0 Å². The zero-order valence-electron chi connectivity index (χ0n) is 14.9. The third-order valence-electron chi connectivity index (χ3n) is 5.25. The maximum atomic E-state index is 5.88. The normalized spacial score (nSPS) is 22.3. The van der Waals surface area contributed by atoms with Crippen LogP contribution in [-0.2, 0) is 4.74 Å². The van der Waals surface area contributed by atoms with Crippen molar-refractivity contribution in [1.82, 2.24) is 14.9 Å². The molecule has 2 aromatic rings. The summed E-state index contributed by atoms with van der Waals surface area (Å²) >= 11 is 0. The van der Waals surface area contributed by atoms with Crippen molar-refractivity contribution in [2.75, 3.05) is 51.3 Å². The Balaban J connectivity index is 1.41. The van der Waals surface area contributed by atoms with Crippen LogP contribution in [-0.4, -0.2) is 67.4 Å². The highest BCUT2D eigenvalue weighted by Gasteiger charge is 2.22. The fourth-order valence-corrected chi connectivity index (χ4v) is 3.81. The van der Waals surface area contributed by atoms with Gasteiger partial charge in [0, 0.05) is 45.0 Å². The Labute approximate surface area is 148 Å². The molecule has 0 N–H and O–H groups in total. The Morgan fingerprint density at radius 3 is 2.80 bits per heavy atom. The van der Waals surface area contributed by atoms with Gasteiger partial charge in [0.1, 0.15) is 6.33 Å². The van der Waals surface area contributed by atoms with Crippen molar-refractivity contribution in [3.8, 4) is 5.88 Å². The van der Waals surface area contributed by atoms with Crippen molar-refractivity contribution in [2.45, 2.75) is 25.4 Å². The van der Waals surface area contributed by atoms with Crippen LogP contribution in [0.2, 0.25) is 0 Å². The predicted molar refractivity (Wildman–Crippen MR) is 98.3 cm³/mol. The van der Waals surface area contributed by atoms with E-state index in [0.29, 0.717) is 12.0 Å². The molecule has 2 aliphatic heterocycles. The van der Waals surface area contributed by atoms with Crippen molar-refractivity contribution in [2.24, 2.45) is 0 Å². The molecule has 0 bridgehead atoms. The molecule has 4 rings (SSSR count). The number of fused-ring (bicyclic) bond motifs is 1. The van der Waals surface area contributed by atoms with Crippen LogP contribution in [0, 0.1) is 0 Å². The molecule has 0 spiro atoms. The molecule has 2 saturated heterocycles. The summed E-state index contributed by atoms with van der Waals surface area (Å²) in [6.45, 7) is 6.25. The quantitative estimate of drug-likeness (QED) is 0.850. The molecule has 2 fully saturated rings. The Kier molecular flexibility index (Phi) is 4.99. The van der Waals surface area contributed by atoms with Gasteiger partial charge in [-0.3, -0.25) is 4.90 Å². The Bertz CT molecular complexity index is 710. The van der Waals surface area contributed by atoms with Gasteiger partial charge < -0.3 is 14.4 Å². The highest BCUT2D eigenvalue weighted by Crippen LogP contribution is 2.27. The minimum absolute atomic E-state index is 0.433. The smallest absolute Gasteiger partial charge is 0.224 e. The van der Waals surface area contributed by atoms with Gasteiger partial charge >= 0.3 is 0 Å². The first kappa shape index (κ1) is 16.5. The van der Waals surface area contributed by atoms with Gasteiger partial charge in [0.25, 0.3) is 0 Å². The lowest BCUT2D eigenvalue weighted by Crippen LogP contribution is -2.49. The third-order valence-corrected chi connectivity index (χ3v) is 5.25. The van der Waals surface area contributed by atoms with Crippen LogP contribution in [0.4, 0.5) is 5.69 Å². The summed E-state index contributed by atoms with van der Waals surface area (Å²) in [4.78, 5) is 13.5. The van der Waals surface area contributed by atoms with Gasteiger partial charge in [0.15, 0.2) is 0 Å². The lowest BCUT2D eigenvalue weighted by Gasteiger charge is -2.38. The number of hydrogen-bond acceptors (Lipinski definition) is 6. The number of piperazine rings is 1. The van der Waals surface area contributed by atoms with Crippen molar-refractivity contribution in [3.63, 3.8) is 0 Å². The molecular formula is C19H26N4O2. The molecule has 0 aliphatic carbocycles. The second kappa shape index (κ2) is 7.54. The van der Waals surface area contributed by atoms with Gasteiger partial charge in [-0.1, -0.05) is 0 Å². The zero-order valence-corrected chi connectivity index (χ0v) is 14.9. The second-order valence-corrected chi connectivity index (χ2v) is 6.86. The van der Waals surface area contributed by atoms with E-state index >= 15 is 0 Å².